The molecule has 0 heterocycles. The average Bonchev–Trinajstić information content (AvgIpc) is 3.27. The first-order chi connectivity index (χ1) is 26.9. The number of rotatable bonds is 10. The molecule has 5 heteroatoms. The summed E-state index contributed by atoms with van der Waals surface area (Å²) in [5.41, 5.74) is -4.09. The lowest BCUT2D eigenvalue weighted by molar-refractivity contribution is 0.0742. The summed E-state index contributed by atoms with van der Waals surface area (Å²) >= 11 is 0. The fourth-order valence-electron chi connectivity index (χ4n) is 6.22. The molecule has 0 amide bonds. The molecule has 0 radical (unpaired) electrons. The summed E-state index contributed by atoms with van der Waals surface area (Å²) < 4.78 is 31.7. The van der Waals surface area contributed by atoms with Crippen LogP contribution in [0.4, 0.5) is 0 Å². The van der Waals surface area contributed by atoms with Crippen molar-refractivity contribution >= 4 is 0 Å². The van der Waals surface area contributed by atoms with Gasteiger partial charge in [-0.15, -0.1) is 0 Å². The van der Waals surface area contributed by atoms with Gasteiger partial charge in [0.15, 0.2) is 0 Å². The molecule has 0 aromatic heterocycles. The molecule has 0 unspecified atom stereocenters. The third-order valence-electron chi connectivity index (χ3n) is 9.51. The quantitative estimate of drug-likeness (QED) is 0.138. The Bertz CT molecular complexity index is 1940. The first-order valence-corrected chi connectivity index (χ1v) is 17.6. The molecule has 0 spiro atoms. The molecule has 0 fully saturated rings. The van der Waals surface area contributed by atoms with E-state index >= 15 is 0 Å². The van der Waals surface area contributed by atoms with Crippen LogP contribution >= 0.6 is 0 Å². The molecule has 5 aromatic carbocycles. The van der Waals surface area contributed by atoms with E-state index < -0.39 is 28.0 Å². The Morgan fingerprint density at radius 1 is 0.236 bits per heavy atom. The molecule has 0 aliphatic heterocycles. The Hall–Kier alpha value is -6.30. The van der Waals surface area contributed by atoms with Gasteiger partial charge < -0.3 is 23.7 Å². The fourth-order valence-corrected chi connectivity index (χ4v) is 6.22. The first kappa shape index (κ1) is 38.4. The van der Waals surface area contributed by atoms with E-state index in [-0.39, 0.29) is 0 Å². The van der Waals surface area contributed by atoms with Gasteiger partial charge >= 0.3 is 0 Å². The lowest BCUT2D eigenvalue weighted by Gasteiger charge is -2.27. The lowest BCUT2D eigenvalue weighted by atomic mass is 9.87. The van der Waals surface area contributed by atoms with Crippen LogP contribution in [0, 0.1) is 59.2 Å². The molecule has 1 aliphatic carbocycles. The van der Waals surface area contributed by atoms with E-state index in [9.17, 15) is 0 Å². The van der Waals surface area contributed by atoms with Gasteiger partial charge in [-0.25, -0.2) is 0 Å². The third kappa shape index (κ3) is 7.71. The predicted octanol–water partition coefficient (Wildman–Crippen LogP) is 7.73. The smallest absolute Gasteiger partial charge is 0.216 e. The number of hydrogen-bond acceptors (Lipinski definition) is 5. The monoisotopic (exact) mass is 720 g/mol. The maximum Gasteiger partial charge on any atom is 0.216 e. The highest BCUT2D eigenvalue weighted by Crippen LogP contribution is 2.34. The summed E-state index contributed by atoms with van der Waals surface area (Å²) in [6, 6.07) is 47.8. The molecule has 270 valence electrons. The zero-order chi connectivity index (χ0) is 38.7. The molecule has 6 rings (SSSR count). The summed E-state index contributed by atoms with van der Waals surface area (Å²) in [5, 5.41) is 0. The molecule has 0 atom stereocenters. The van der Waals surface area contributed by atoms with Crippen LogP contribution < -0.4 is 0 Å². The minimum atomic E-state index is -1.51. The standard InChI is InChI=1S/C50H40O5/c1-51-46(41-21-11-6-12-22-41)31-33-47(52-2,42-23-13-7-14-24-42)35-37-49(54-4,44-27-17-9-18-28-44)39-40-50(55-5,45-29-19-10-20-30-45)38-36-48(53-3,34-32-46)43-25-15-8-16-26-43/h6-30H,1-5H3. The summed E-state index contributed by atoms with van der Waals surface area (Å²) in [5.74, 6) is 33.8. The summed E-state index contributed by atoms with van der Waals surface area (Å²) in [6.45, 7) is 0. The van der Waals surface area contributed by atoms with Crippen LogP contribution in [0.15, 0.2) is 152 Å². The fraction of sp³-hybridized carbons (Fsp3) is 0.200. The van der Waals surface area contributed by atoms with Gasteiger partial charge in [0.2, 0.25) is 28.0 Å². The highest BCUT2D eigenvalue weighted by Gasteiger charge is 2.38. The van der Waals surface area contributed by atoms with E-state index in [1.54, 1.807) is 35.5 Å². The van der Waals surface area contributed by atoms with E-state index in [1.165, 1.54) is 0 Å². The van der Waals surface area contributed by atoms with E-state index in [0.717, 1.165) is 0 Å². The van der Waals surface area contributed by atoms with Crippen LogP contribution in [0.2, 0.25) is 0 Å². The molecule has 0 bridgehead atoms. The van der Waals surface area contributed by atoms with Crippen LogP contribution in [-0.2, 0) is 51.7 Å². The highest BCUT2D eigenvalue weighted by atomic mass is 16.5. The zero-order valence-electron chi connectivity index (χ0n) is 31.5. The van der Waals surface area contributed by atoms with Crippen molar-refractivity contribution in [3.8, 4) is 59.2 Å². The van der Waals surface area contributed by atoms with Crippen molar-refractivity contribution in [2.24, 2.45) is 0 Å². The van der Waals surface area contributed by atoms with Crippen LogP contribution in [-0.4, -0.2) is 35.5 Å². The predicted molar refractivity (Wildman–Crippen MR) is 215 cm³/mol. The third-order valence-corrected chi connectivity index (χ3v) is 9.51. The summed E-state index contributed by atoms with van der Waals surface area (Å²) in [4.78, 5) is 0. The molecular formula is C50H40O5. The van der Waals surface area contributed by atoms with Crippen LogP contribution in [0.5, 0.6) is 0 Å². The second-order valence-corrected chi connectivity index (χ2v) is 12.5. The van der Waals surface area contributed by atoms with E-state index in [0.29, 0.717) is 27.8 Å². The maximum absolute atomic E-state index is 6.33. The zero-order valence-corrected chi connectivity index (χ0v) is 31.5. The van der Waals surface area contributed by atoms with Crippen LogP contribution in [0.25, 0.3) is 0 Å². The van der Waals surface area contributed by atoms with E-state index in [4.69, 9.17) is 23.7 Å². The van der Waals surface area contributed by atoms with Gasteiger partial charge in [-0.3, -0.25) is 0 Å². The Balaban J connectivity index is 1.83. The number of hydrogen-bond donors (Lipinski definition) is 0. The molecule has 5 aromatic rings. The minimum absolute atomic E-state index is 0.688. The van der Waals surface area contributed by atoms with Crippen molar-refractivity contribution in [1.82, 2.24) is 0 Å². The molecule has 0 N–H and O–H groups in total. The largest absolute Gasteiger partial charge is 0.351 e. The first-order valence-electron chi connectivity index (χ1n) is 17.6. The van der Waals surface area contributed by atoms with Crippen LogP contribution in [0.3, 0.4) is 0 Å². The SMILES string of the molecule is COC1(c2ccccc2)C#CC(OC)(c2ccccc2)C#CC(OC)(c2ccccc2)C#CC(OC)(c2ccccc2)C#CC(OC)(c2ccccc2)C#C1. The Morgan fingerprint density at radius 2 is 0.364 bits per heavy atom. The molecule has 0 saturated carbocycles. The van der Waals surface area contributed by atoms with Gasteiger partial charge in [0, 0.05) is 63.4 Å². The molecule has 0 saturated heterocycles. The van der Waals surface area contributed by atoms with Crippen molar-refractivity contribution in [3.63, 3.8) is 0 Å². The molecular weight excluding hydrogens is 681 g/mol. The Morgan fingerprint density at radius 3 is 0.473 bits per heavy atom. The number of benzene rings is 5. The van der Waals surface area contributed by atoms with Crippen molar-refractivity contribution < 1.29 is 23.7 Å². The van der Waals surface area contributed by atoms with Crippen molar-refractivity contribution in [2.75, 3.05) is 35.5 Å². The normalized spacial score (nSPS) is 25.5. The van der Waals surface area contributed by atoms with E-state index in [2.05, 4.69) is 59.2 Å². The van der Waals surface area contributed by atoms with Gasteiger partial charge in [-0.1, -0.05) is 152 Å². The van der Waals surface area contributed by atoms with Crippen molar-refractivity contribution in [1.29, 1.82) is 0 Å². The van der Waals surface area contributed by atoms with Crippen molar-refractivity contribution in [2.45, 2.75) is 28.0 Å². The maximum atomic E-state index is 6.33. The van der Waals surface area contributed by atoms with Gasteiger partial charge in [0.1, 0.15) is 0 Å². The second kappa shape index (κ2) is 16.8. The van der Waals surface area contributed by atoms with Gasteiger partial charge in [0.25, 0.3) is 0 Å². The second-order valence-electron chi connectivity index (χ2n) is 12.5. The number of ether oxygens (including phenoxy) is 5. The summed E-state index contributed by atoms with van der Waals surface area (Å²) in [6.07, 6.45) is 0. The number of methoxy groups -OCH3 is 5. The Kier molecular flexibility index (Phi) is 11.7. The Labute approximate surface area is 325 Å². The minimum Gasteiger partial charge on any atom is -0.351 e. The molecule has 55 heavy (non-hydrogen) atoms. The van der Waals surface area contributed by atoms with E-state index in [1.807, 2.05) is 152 Å². The topological polar surface area (TPSA) is 46.2 Å². The van der Waals surface area contributed by atoms with Gasteiger partial charge in [0.05, 0.1) is 0 Å². The van der Waals surface area contributed by atoms with Crippen molar-refractivity contribution in [3.05, 3.63) is 179 Å². The van der Waals surface area contributed by atoms with Gasteiger partial charge in [-0.2, -0.15) is 0 Å². The van der Waals surface area contributed by atoms with Crippen LogP contribution in [0.1, 0.15) is 27.8 Å². The highest BCUT2D eigenvalue weighted by molar-refractivity contribution is 5.55. The van der Waals surface area contributed by atoms with Gasteiger partial charge in [-0.05, 0) is 59.2 Å². The summed E-state index contributed by atoms with van der Waals surface area (Å²) in [7, 11) is 7.85. The molecule has 5 nitrogen and oxygen atoms in total. The molecule has 1 aliphatic rings. The average molecular weight is 721 g/mol. The lowest BCUT2D eigenvalue weighted by Crippen LogP contribution is -2.31.